The Kier molecular flexibility index (Phi) is 3.99. The van der Waals surface area contributed by atoms with Crippen LogP contribution < -0.4 is 0 Å². The molecule has 0 bridgehead atoms. The number of pyridine rings is 1. The van der Waals surface area contributed by atoms with Gasteiger partial charge < -0.3 is 4.74 Å². The fourth-order valence-electron chi connectivity index (χ4n) is 2.70. The fourth-order valence-corrected chi connectivity index (χ4v) is 3.69. The summed E-state index contributed by atoms with van der Waals surface area (Å²) in [6.07, 6.45) is 1.78. The van der Waals surface area contributed by atoms with E-state index in [4.69, 9.17) is 9.72 Å². The van der Waals surface area contributed by atoms with Crippen LogP contribution in [-0.4, -0.2) is 23.0 Å². The lowest BCUT2D eigenvalue weighted by Gasteiger charge is -2.05. The van der Waals surface area contributed by atoms with E-state index < -0.39 is 0 Å². The van der Waals surface area contributed by atoms with Gasteiger partial charge in [0.1, 0.15) is 5.01 Å². The van der Waals surface area contributed by atoms with Crippen LogP contribution in [-0.2, 0) is 4.74 Å². The van der Waals surface area contributed by atoms with Gasteiger partial charge >= 0.3 is 5.97 Å². The van der Waals surface area contributed by atoms with Gasteiger partial charge in [0.25, 0.3) is 0 Å². The molecule has 0 aliphatic rings. The highest BCUT2D eigenvalue weighted by Gasteiger charge is 2.14. The number of thiazole rings is 1. The molecule has 5 heteroatoms. The average Bonchev–Trinajstić information content (AvgIpc) is 3.11. The SMILES string of the molecule is COC(=O)c1ccc2sc(-c3ccccc3-c3ccccn3)nc2c1. The van der Waals surface area contributed by atoms with Crippen molar-refractivity contribution in [1.29, 1.82) is 0 Å². The van der Waals surface area contributed by atoms with Gasteiger partial charge in [0.05, 0.1) is 28.6 Å². The van der Waals surface area contributed by atoms with Gasteiger partial charge in [-0.1, -0.05) is 30.3 Å². The molecule has 0 fully saturated rings. The van der Waals surface area contributed by atoms with Crippen molar-refractivity contribution < 1.29 is 9.53 Å². The molecule has 2 aromatic carbocycles. The van der Waals surface area contributed by atoms with E-state index in [1.54, 1.807) is 29.7 Å². The molecular formula is C20H14N2O2S. The maximum atomic E-state index is 11.7. The Morgan fingerprint density at radius 1 is 1.00 bits per heavy atom. The van der Waals surface area contributed by atoms with E-state index in [-0.39, 0.29) is 5.97 Å². The van der Waals surface area contributed by atoms with Gasteiger partial charge in [-0.05, 0) is 30.3 Å². The number of ether oxygens (including phenoxy) is 1. The maximum Gasteiger partial charge on any atom is 0.337 e. The van der Waals surface area contributed by atoms with E-state index in [0.717, 1.165) is 32.0 Å². The number of esters is 1. The number of carbonyl (C=O) groups is 1. The van der Waals surface area contributed by atoms with Crippen LogP contribution in [0.4, 0.5) is 0 Å². The molecule has 4 rings (SSSR count). The number of methoxy groups -OCH3 is 1. The van der Waals surface area contributed by atoms with Crippen molar-refractivity contribution in [2.75, 3.05) is 7.11 Å². The number of hydrogen-bond acceptors (Lipinski definition) is 5. The Morgan fingerprint density at radius 3 is 2.56 bits per heavy atom. The minimum absolute atomic E-state index is 0.356. The lowest BCUT2D eigenvalue weighted by molar-refractivity contribution is 0.0601. The molecule has 0 saturated heterocycles. The van der Waals surface area contributed by atoms with Gasteiger partial charge in [0.2, 0.25) is 0 Å². The zero-order chi connectivity index (χ0) is 17.2. The van der Waals surface area contributed by atoms with Gasteiger partial charge in [0, 0.05) is 17.3 Å². The first kappa shape index (κ1) is 15.5. The van der Waals surface area contributed by atoms with Crippen LogP contribution >= 0.6 is 11.3 Å². The van der Waals surface area contributed by atoms with Crippen LogP contribution in [0.3, 0.4) is 0 Å². The summed E-state index contributed by atoms with van der Waals surface area (Å²) in [5.41, 5.74) is 4.27. The monoisotopic (exact) mass is 346 g/mol. The summed E-state index contributed by atoms with van der Waals surface area (Å²) in [4.78, 5) is 20.9. The molecule has 25 heavy (non-hydrogen) atoms. The Morgan fingerprint density at radius 2 is 1.80 bits per heavy atom. The summed E-state index contributed by atoms with van der Waals surface area (Å²) in [6, 6.07) is 19.4. The smallest absolute Gasteiger partial charge is 0.337 e. The van der Waals surface area contributed by atoms with Gasteiger partial charge in [-0.25, -0.2) is 9.78 Å². The van der Waals surface area contributed by atoms with Gasteiger partial charge in [0.15, 0.2) is 0 Å². The first-order valence-electron chi connectivity index (χ1n) is 7.76. The van der Waals surface area contributed by atoms with Crippen molar-refractivity contribution in [2.24, 2.45) is 0 Å². The molecule has 2 aromatic heterocycles. The molecule has 0 saturated carbocycles. The molecule has 0 aliphatic heterocycles. The maximum absolute atomic E-state index is 11.7. The van der Waals surface area contributed by atoms with Crippen LogP contribution in [0, 0.1) is 0 Å². The highest BCUT2D eigenvalue weighted by molar-refractivity contribution is 7.21. The summed E-state index contributed by atoms with van der Waals surface area (Å²) < 4.78 is 5.81. The van der Waals surface area contributed by atoms with Crippen LogP contribution in [0.15, 0.2) is 66.9 Å². The minimum atomic E-state index is -0.356. The van der Waals surface area contributed by atoms with E-state index in [1.807, 2.05) is 48.5 Å². The summed E-state index contributed by atoms with van der Waals surface area (Å²) in [7, 11) is 1.38. The molecular weight excluding hydrogens is 332 g/mol. The molecule has 0 amide bonds. The molecule has 4 nitrogen and oxygen atoms in total. The average molecular weight is 346 g/mol. The van der Waals surface area contributed by atoms with Crippen molar-refractivity contribution in [3.05, 3.63) is 72.4 Å². The first-order valence-corrected chi connectivity index (χ1v) is 8.57. The van der Waals surface area contributed by atoms with Gasteiger partial charge in [-0.2, -0.15) is 0 Å². The lowest BCUT2D eigenvalue weighted by atomic mass is 10.0. The number of rotatable bonds is 3. The Balaban J connectivity index is 1.84. The number of carbonyl (C=O) groups excluding carboxylic acids is 1. The number of fused-ring (bicyclic) bond motifs is 1. The molecule has 4 aromatic rings. The predicted molar refractivity (Wildman–Crippen MR) is 99.6 cm³/mol. The van der Waals surface area contributed by atoms with E-state index in [9.17, 15) is 4.79 Å². The number of aromatic nitrogens is 2. The Hall–Kier alpha value is -3.05. The second kappa shape index (κ2) is 6.45. The molecule has 122 valence electrons. The van der Waals surface area contributed by atoms with Crippen molar-refractivity contribution in [1.82, 2.24) is 9.97 Å². The van der Waals surface area contributed by atoms with Crippen LogP contribution in [0.1, 0.15) is 10.4 Å². The van der Waals surface area contributed by atoms with E-state index >= 15 is 0 Å². The van der Waals surface area contributed by atoms with Gasteiger partial charge in [-0.15, -0.1) is 11.3 Å². The summed E-state index contributed by atoms with van der Waals surface area (Å²) in [6.45, 7) is 0. The zero-order valence-electron chi connectivity index (χ0n) is 13.5. The largest absolute Gasteiger partial charge is 0.465 e. The van der Waals surface area contributed by atoms with Gasteiger partial charge in [-0.3, -0.25) is 4.98 Å². The second-order valence-electron chi connectivity index (χ2n) is 5.45. The normalized spacial score (nSPS) is 10.8. The molecule has 0 aliphatic carbocycles. The molecule has 2 heterocycles. The zero-order valence-corrected chi connectivity index (χ0v) is 14.3. The van der Waals surface area contributed by atoms with Crippen LogP contribution in [0.5, 0.6) is 0 Å². The molecule has 0 spiro atoms. The number of benzene rings is 2. The summed E-state index contributed by atoms with van der Waals surface area (Å²) in [5, 5.41) is 0.901. The third kappa shape index (κ3) is 2.90. The van der Waals surface area contributed by atoms with E-state index in [2.05, 4.69) is 4.98 Å². The van der Waals surface area contributed by atoms with E-state index in [1.165, 1.54) is 7.11 Å². The first-order chi connectivity index (χ1) is 12.3. The van der Waals surface area contributed by atoms with E-state index in [0.29, 0.717) is 5.56 Å². The van der Waals surface area contributed by atoms with Crippen molar-refractivity contribution in [2.45, 2.75) is 0 Å². The van der Waals surface area contributed by atoms with Crippen LogP contribution in [0.25, 0.3) is 32.0 Å². The quantitative estimate of drug-likeness (QED) is 0.499. The van der Waals surface area contributed by atoms with Crippen molar-refractivity contribution >= 4 is 27.5 Å². The molecule has 0 atom stereocenters. The Labute approximate surface area is 148 Å². The summed E-state index contributed by atoms with van der Waals surface area (Å²) >= 11 is 1.60. The third-order valence-corrected chi connectivity index (χ3v) is 4.98. The molecule has 0 radical (unpaired) electrons. The lowest BCUT2D eigenvalue weighted by Crippen LogP contribution is -2.00. The second-order valence-corrected chi connectivity index (χ2v) is 6.48. The highest BCUT2D eigenvalue weighted by Crippen LogP contribution is 2.36. The Bertz CT molecular complexity index is 1060. The van der Waals surface area contributed by atoms with Crippen molar-refractivity contribution in [3.8, 4) is 21.8 Å². The number of nitrogens with zero attached hydrogens (tertiary/aromatic N) is 2. The fraction of sp³-hybridized carbons (Fsp3) is 0.0500. The predicted octanol–water partition coefficient (Wildman–Crippen LogP) is 4.81. The molecule has 0 N–H and O–H groups in total. The standard InChI is InChI=1S/C20H14N2O2S/c1-24-20(23)13-9-10-18-17(12-13)22-19(25-18)15-7-3-2-6-14(15)16-8-4-5-11-21-16/h2-12H,1H3. The summed E-state index contributed by atoms with van der Waals surface area (Å²) in [5.74, 6) is -0.356. The third-order valence-electron chi connectivity index (χ3n) is 3.91. The van der Waals surface area contributed by atoms with Crippen LogP contribution in [0.2, 0.25) is 0 Å². The minimum Gasteiger partial charge on any atom is -0.465 e. The topological polar surface area (TPSA) is 52.1 Å². The van der Waals surface area contributed by atoms with Crippen molar-refractivity contribution in [3.63, 3.8) is 0 Å². The highest BCUT2D eigenvalue weighted by atomic mass is 32.1. The molecule has 0 unspecified atom stereocenters. The number of hydrogen-bond donors (Lipinski definition) is 0.